The maximum atomic E-state index is 12.2. The van der Waals surface area contributed by atoms with E-state index < -0.39 is 10.0 Å². The lowest BCUT2D eigenvalue weighted by Crippen LogP contribution is -2.25. The molecule has 1 fully saturated rings. The van der Waals surface area contributed by atoms with Gasteiger partial charge in [-0.05, 0) is 32.2 Å². The standard InChI is InChI=1S/C14H24N2O3S/c1-3-15-10-13-9-14(11(2)19-13)20(17,18)16-8-4-5-12-6-7-12/h9,12,15-16H,3-8,10H2,1-2H3. The summed E-state index contributed by atoms with van der Waals surface area (Å²) in [5.41, 5.74) is 0. The predicted molar refractivity (Wildman–Crippen MR) is 78.0 cm³/mol. The van der Waals surface area contributed by atoms with E-state index in [0.29, 0.717) is 24.6 Å². The van der Waals surface area contributed by atoms with Crippen LogP contribution in [0, 0.1) is 12.8 Å². The second kappa shape index (κ2) is 6.74. The fourth-order valence-electron chi connectivity index (χ4n) is 2.21. The average molecular weight is 300 g/mol. The summed E-state index contributed by atoms with van der Waals surface area (Å²) in [5, 5.41) is 3.12. The Balaban J connectivity index is 1.91. The van der Waals surface area contributed by atoms with Crippen molar-refractivity contribution in [1.82, 2.24) is 10.0 Å². The van der Waals surface area contributed by atoms with Crippen LogP contribution in [0.15, 0.2) is 15.4 Å². The van der Waals surface area contributed by atoms with Crippen LogP contribution in [-0.4, -0.2) is 21.5 Å². The highest BCUT2D eigenvalue weighted by molar-refractivity contribution is 7.89. The number of hydrogen-bond donors (Lipinski definition) is 2. The number of furan rings is 1. The van der Waals surface area contributed by atoms with Crippen molar-refractivity contribution in [2.45, 2.75) is 51.0 Å². The van der Waals surface area contributed by atoms with Crippen LogP contribution in [0.1, 0.15) is 44.1 Å². The zero-order chi connectivity index (χ0) is 14.6. The first-order chi connectivity index (χ1) is 9.53. The Hall–Kier alpha value is -0.850. The van der Waals surface area contributed by atoms with Gasteiger partial charge >= 0.3 is 0 Å². The number of sulfonamides is 1. The summed E-state index contributed by atoms with van der Waals surface area (Å²) in [4.78, 5) is 0.261. The first-order valence-corrected chi connectivity index (χ1v) is 8.81. The molecule has 0 radical (unpaired) electrons. The van der Waals surface area contributed by atoms with E-state index >= 15 is 0 Å². The number of rotatable bonds is 9. The van der Waals surface area contributed by atoms with Gasteiger partial charge < -0.3 is 9.73 Å². The lowest BCUT2D eigenvalue weighted by Gasteiger charge is -2.04. The van der Waals surface area contributed by atoms with Gasteiger partial charge in [-0.2, -0.15) is 0 Å². The second-order valence-electron chi connectivity index (χ2n) is 5.40. The highest BCUT2D eigenvalue weighted by atomic mass is 32.2. The van der Waals surface area contributed by atoms with E-state index in [1.807, 2.05) is 6.92 Å². The van der Waals surface area contributed by atoms with Crippen molar-refractivity contribution < 1.29 is 12.8 Å². The van der Waals surface area contributed by atoms with Crippen molar-refractivity contribution in [3.05, 3.63) is 17.6 Å². The molecule has 2 rings (SSSR count). The van der Waals surface area contributed by atoms with Crippen molar-refractivity contribution >= 4 is 10.0 Å². The molecule has 0 unspecified atom stereocenters. The van der Waals surface area contributed by atoms with E-state index in [9.17, 15) is 8.42 Å². The SMILES string of the molecule is CCNCc1cc(S(=O)(=O)NCCCC2CC2)c(C)o1. The van der Waals surface area contributed by atoms with Crippen molar-refractivity contribution in [2.75, 3.05) is 13.1 Å². The second-order valence-corrected chi connectivity index (χ2v) is 7.13. The molecule has 114 valence electrons. The van der Waals surface area contributed by atoms with Crippen molar-refractivity contribution in [3.63, 3.8) is 0 Å². The molecule has 6 heteroatoms. The molecule has 0 saturated heterocycles. The van der Waals surface area contributed by atoms with Gasteiger partial charge in [-0.15, -0.1) is 0 Å². The van der Waals surface area contributed by atoms with Gasteiger partial charge in [-0.25, -0.2) is 13.1 Å². The fraction of sp³-hybridized carbons (Fsp3) is 0.714. The molecule has 1 saturated carbocycles. The van der Waals surface area contributed by atoms with Crippen LogP contribution >= 0.6 is 0 Å². The molecule has 1 heterocycles. The summed E-state index contributed by atoms with van der Waals surface area (Å²) < 4.78 is 32.6. The molecule has 0 atom stereocenters. The lowest BCUT2D eigenvalue weighted by molar-refractivity contribution is 0.460. The summed E-state index contributed by atoms with van der Waals surface area (Å²) in [6.45, 7) is 5.56. The van der Waals surface area contributed by atoms with Gasteiger partial charge in [0.2, 0.25) is 10.0 Å². The summed E-state index contributed by atoms with van der Waals surface area (Å²) in [5.74, 6) is 1.94. The Kier molecular flexibility index (Phi) is 5.23. The number of aryl methyl sites for hydroxylation is 1. The normalized spacial score (nSPS) is 15.7. The van der Waals surface area contributed by atoms with E-state index in [4.69, 9.17) is 4.42 Å². The molecule has 1 aromatic rings. The maximum Gasteiger partial charge on any atom is 0.244 e. The van der Waals surface area contributed by atoms with E-state index in [1.165, 1.54) is 12.8 Å². The molecule has 0 aromatic carbocycles. The van der Waals surface area contributed by atoms with Crippen LogP contribution in [0.2, 0.25) is 0 Å². The Morgan fingerprint density at radius 3 is 2.80 bits per heavy atom. The van der Waals surface area contributed by atoms with Crippen LogP contribution in [0.3, 0.4) is 0 Å². The Labute approximate surface area is 121 Å². The minimum atomic E-state index is -3.44. The first-order valence-electron chi connectivity index (χ1n) is 7.32. The third-order valence-electron chi connectivity index (χ3n) is 3.54. The molecule has 5 nitrogen and oxygen atoms in total. The molecule has 1 aliphatic carbocycles. The van der Waals surface area contributed by atoms with Gasteiger partial charge in [0.1, 0.15) is 16.4 Å². The predicted octanol–water partition coefficient (Wildman–Crippen LogP) is 2.17. The Morgan fingerprint density at radius 2 is 2.15 bits per heavy atom. The molecular weight excluding hydrogens is 276 g/mol. The highest BCUT2D eigenvalue weighted by Gasteiger charge is 2.23. The molecule has 0 amide bonds. The van der Waals surface area contributed by atoms with E-state index in [1.54, 1.807) is 13.0 Å². The quantitative estimate of drug-likeness (QED) is 0.686. The topological polar surface area (TPSA) is 71.3 Å². The Morgan fingerprint density at radius 1 is 1.40 bits per heavy atom. The van der Waals surface area contributed by atoms with Crippen molar-refractivity contribution in [1.29, 1.82) is 0 Å². The average Bonchev–Trinajstić information content (AvgIpc) is 3.14. The zero-order valence-corrected chi connectivity index (χ0v) is 13.1. The molecule has 0 spiro atoms. The minimum absolute atomic E-state index is 0.261. The van der Waals surface area contributed by atoms with Crippen molar-refractivity contribution in [3.8, 4) is 0 Å². The molecule has 2 N–H and O–H groups in total. The highest BCUT2D eigenvalue weighted by Crippen LogP contribution is 2.33. The van der Waals surface area contributed by atoms with E-state index in [-0.39, 0.29) is 4.90 Å². The van der Waals surface area contributed by atoms with Gasteiger partial charge in [0.05, 0.1) is 6.54 Å². The Bertz CT molecular complexity index is 533. The minimum Gasteiger partial charge on any atom is -0.464 e. The monoisotopic (exact) mass is 300 g/mol. The molecule has 1 aromatic heterocycles. The first kappa shape index (κ1) is 15.5. The van der Waals surface area contributed by atoms with Crippen LogP contribution in [0.4, 0.5) is 0 Å². The lowest BCUT2D eigenvalue weighted by atomic mass is 10.2. The van der Waals surface area contributed by atoms with Gasteiger partial charge in [0.15, 0.2) is 0 Å². The molecule has 0 aliphatic heterocycles. The van der Waals surface area contributed by atoms with Gasteiger partial charge in [0.25, 0.3) is 0 Å². The molecule has 1 aliphatic rings. The summed E-state index contributed by atoms with van der Waals surface area (Å²) in [6.07, 6.45) is 4.65. The zero-order valence-electron chi connectivity index (χ0n) is 12.2. The molecular formula is C14H24N2O3S. The van der Waals surface area contributed by atoms with E-state index in [0.717, 1.165) is 25.3 Å². The summed E-state index contributed by atoms with van der Waals surface area (Å²) >= 11 is 0. The third-order valence-corrected chi connectivity index (χ3v) is 5.11. The largest absolute Gasteiger partial charge is 0.464 e. The fourth-order valence-corrected chi connectivity index (χ4v) is 3.48. The number of nitrogens with one attached hydrogen (secondary N) is 2. The third kappa shape index (κ3) is 4.33. The molecule has 20 heavy (non-hydrogen) atoms. The van der Waals surface area contributed by atoms with Crippen LogP contribution in [0.5, 0.6) is 0 Å². The summed E-state index contributed by atoms with van der Waals surface area (Å²) in [7, 11) is -3.44. The van der Waals surface area contributed by atoms with Crippen LogP contribution in [-0.2, 0) is 16.6 Å². The van der Waals surface area contributed by atoms with Crippen LogP contribution in [0.25, 0.3) is 0 Å². The van der Waals surface area contributed by atoms with Gasteiger partial charge in [-0.1, -0.05) is 19.8 Å². The van der Waals surface area contributed by atoms with Crippen LogP contribution < -0.4 is 10.0 Å². The smallest absolute Gasteiger partial charge is 0.244 e. The van der Waals surface area contributed by atoms with Gasteiger partial charge in [0, 0.05) is 12.6 Å². The van der Waals surface area contributed by atoms with E-state index in [2.05, 4.69) is 10.0 Å². The molecule has 0 bridgehead atoms. The van der Waals surface area contributed by atoms with Gasteiger partial charge in [-0.3, -0.25) is 0 Å². The number of hydrogen-bond acceptors (Lipinski definition) is 4. The maximum absolute atomic E-state index is 12.2. The van der Waals surface area contributed by atoms with Crippen molar-refractivity contribution in [2.24, 2.45) is 5.92 Å². The summed E-state index contributed by atoms with van der Waals surface area (Å²) in [6, 6.07) is 1.61.